The molecule has 5 nitrogen and oxygen atoms in total. The third kappa shape index (κ3) is 2.22. The van der Waals surface area contributed by atoms with E-state index in [-0.39, 0.29) is 5.91 Å². The number of carbonyl (C=O) groups excluding carboxylic acids is 1. The van der Waals surface area contributed by atoms with Crippen LogP contribution in [0.15, 0.2) is 18.3 Å². The van der Waals surface area contributed by atoms with Crippen LogP contribution >= 0.6 is 0 Å². The molecule has 0 saturated carbocycles. The first-order valence-corrected chi connectivity index (χ1v) is 5.86. The molecule has 0 radical (unpaired) electrons. The van der Waals surface area contributed by atoms with Crippen molar-refractivity contribution in [2.24, 2.45) is 0 Å². The van der Waals surface area contributed by atoms with Gasteiger partial charge in [0.05, 0.1) is 12.3 Å². The van der Waals surface area contributed by atoms with Crippen LogP contribution in [-0.2, 0) is 4.74 Å². The summed E-state index contributed by atoms with van der Waals surface area (Å²) in [5, 5.41) is 2.81. The van der Waals surface area contributed by atoms with Crippen LogP contribution in [0, 0.1) is 13.8 Å². The van der Waals surface area contributed by atoms with Crippen molar-refractivity contribution in [2.75, 3.05) is 20.3 Å². The average Bonchev–Trinajstić information content (AvgIpc) is 2.67. The summed E-state index contributed by atoms with van der Waals surface area (Å²) in [6, 6.07) is 3.89. The number of ether oxygens (including phenoxy) is 1. The van der Waals surface area contributed by atoms with E-state index in [4.69, 9.17) is 4.74 Å². The Morgan fingerprint density at radius 1 is 1.50 bits per heavy atom. The number of aryl methyl sites for hydroxylation is 2. The number of nitrogens with one attached hydrogen (secondary N) is 1. The molecule has 0 unspecified atom stereocenters. The normalized spacial score (nSPS) is 10.8. The van der Waals surface area contributed by atoms with Gasteiger partial charge in [0, 0.05) is 19.9 Å². The van der Waals surface area contributed by atoms with Crippen LogP contribution in [0.4, 0.5) is 0 Å². The maximum absolute atomic E-state index is 12.1. The molecule has 0 spiro atoms. The van der Waals surface area contributed by atoms with E-state index in [0.29, 0.717) is 18.8 Å². The van der Waals surface area contributed by atoms with Gasteiger partial charge in [0.15, 0.2) is 0 Å². The van der Waals surface area contributed by atoms with Crippen molar-refractivity contribution in [1.29, 1.82) is 0 Å². The molecule has 2 aromatic rings. The topological polar surface area (TPSA) is 55.6 Å². The van der Waals surface area contributed by atoms with Gasteiger partial charge in [-0.1, -0.05) is 6.07 Å². The van der Waals surface area contributed by atoms with Crippen LogP contribution in [-0.4, -0.2) is 35.6 Å². The van der Waals surface area contributed by atoms with Crippen LogP contribution in [0.1, 0.15) is 21.7 Å². The molecule has 5 heteroatoms. The number of rotatable bonds is 4. The lowest BCUT2D eigenvalue weighted by atomic mass is 10.3. The van der Waals surface area contributed by atoms with Crippen molar-refractivity contribution in [3.8, 4) is 0 Å². The molecular formula is C13H17N3O2. The second-order valence-corrected chi connectivity index (χ2v) is 4.18. The van der Waals surface area contributed by atoms with Gasteiger partial charge >= 0.3 is 0 Å². The third-order valence-electron chi connectivity index (χ3n) is 2.83. The SMILES string of the molecule is COCCNC(=O)c1c(C)nc2c(C)cccn12. The van der Waals surface area contributed by atoms with E-state index in [1.165, 1.54) is 0 Å². The summed E-state index contributed by atoms with van der Waals surface area (Å²) in [6.07, 6.45) is 1.85. The second kappa shape index (κ2) is 5.18. The maximum Gasteiger partial charge on any atom is 0.270 e. The van der Waals surface area contributed by atoms with Gasteiger partial charge in [-0.25, -0.2) is 4.98 Å². The molecular weight excluding hydrogens is 230 g/mol. The Morgan fingerprint density at radius 2 is 2.28 bits per heavy atom. The van der Waals surface area contributed by atoms with Crippen LogP contribution in [0.3, 0.4) is 0 Å². The summed E-state index contributed by atoms with van der Waals surface area (Å²) in [5.74, 6) is -0.123. The minimum Gasteiger partial charge on any atom is -0.383 e. The Labute approximate surface area is 106 Å². The monoisotopic (exact) mass is 247 g/mol. The fourth-order valence-corrected chi connectivity index (χ4v) is 1.94. The van der Waals surface area contributed by atoms with Crippen LogP contribution in [0.2, 0.25) is 0 Å². The van der Waals surface area contributed by atoms with Crippen LogP contribution < -0.4 is 5.32 Å². The molecule has 2 aromatic heterocycles. The van der Waals surface area contributed by atoms with Gasteiger partial charge in [-0.2, -0.15) is 0 Å². The van der Waals surface area contributed by atoms with Crippen molar-refractivity contribution < 1.29 is 9.53 Å². The quantitative estimate of drug-likeness (QED) is 0.829. The molecule has 1 amide bonds. The largest absolute Gasteiger partial charge is 0.383 e. The predicted molar refractivity (Wildman–Crippen MR) is 68.9 cm³/mol. The molecule has 0 atom stereocenters. The summed E-state index contributed by atoms with van der Waals surface area (Å²) < 4.78 is 6.74. The molecule has 2 heterocycles. The van der Waals surface area contributed by atoms with E-state index in [1.807, 2.05) is 36.6 Å². The van der Waals surface area contributed by atoms with Gasteiger partial charge in [-0.3, -0.25) is 9.20 Å². The number of imidazole rings is 1. The zero-order chi connectivity index (χ0) is 13.1. The summed E-state index contributed by atoms with van der Waals surface area (Å²) in [6.45, 7) is 4.82. The van der Waals surface area contributed by atoms with Crippen molar-refractivity contribution in [1.82, 2.24) is 14.7 Å². The smallest absolute Gasteiger partial charge is 0.270 e. The second-order valence-electron chi connectivity index (χ2n) is 4.18. The lowest BCUT2D eigenvalue weighted by molar-refractivity contribution is 0.0930. The molecule has 2 rings (SSSR count). The van der Waals surface area contributed by atoms with Crippen LogP contribution in [0.5, 0.6) is 0 Å². The van der Waals surface area contributed by atoms with E-state index in [9.17, 15) is 4.79 Å². The Bertz CT molecular complexity index is 575. The molecule has 96 valence electrons. The number of carbonyl (C=O) groups is 1. The van der Waals surface area contributed by atoms with Gasteiger partial charge in [-0.15, -0.1) is 0 Å². The van der Waals surface area contributed by atoms with Gasteiger partial charge in [-0.05, 0) is 25.5 Å². The van der Waals surface area contributed by atoms with Crippen molar-refractivity contribution in [2.45, 2.75) is 13.8 Å². The number of hydrogen-bond acceptors (Lipinski definition) is 3. The van der Waals surface area contributed by atoms with E-state index in [0.717, 1.165) is 16.9 Å². The highest BCUT2D eigenvalue weighted by molar-refractivity contribution is 5.94. The fourth-order valence-electron chi connectivity index (χ4n) is 1.94. The number of amides is 1. The van der Waals surface area contributed by atoms with E-state index in [2.05, 4.69) is 10.3 Å². The van der Waals surface area contributed by atoms with E-state index in [1.54, 1.807) is 7.11 Å². The molecule has 1 N–H and O–H groups in total. The van der Waals surface area contributed by atoms with Gasteiger partial charge in [0.25, 0.3) is 5.91 Å². The van der Waals surface area contributed by atoms with E-state index < -0.39 is 0 Å². The number of aromatic nitrogens is 2. The summed E-state index contributed by atoms with van der Waals surface area (Å²) in [4.78, 5) is 16.5. The molecule has 0 aromatic carbocycles. The number of nitrogens with zero attached hydrogens (tertiary/aromatic N) is 2. The number of methoxy groups -OCH3 is 1. The Balaban J connectivity index is 2.35. The van der Waals surface area contributed by atoms with Crippen molar-refractivity contribution in [3.63, 3.8) is 0 Å². The predicted octanol–water partition coefficient (Wildman–Crippen LogP) is 1.33. The molecule has 18 heavy (non-hydrogen) atoms. The number of pyridine rings is 1. The highest BCUT2D eigenvalue weighted by Gasteiger charge is 2.16. The third-order valence-corrected chi connectivity index (χ3v) is 2.83. The first-order valence-electron chi connectivity index (χ1n) is 5.86. The standard InChI is InChI=1S/C13H17N3O2/c1-9-5-4-7-16-11(10(2)15-12(9)16)13(17)14-6-8-18-3/h4-5,7H,6,8H2,1-3H3,(H,14,17). The lowest BCUT2D eigenvalue weighted by Gasteiger charge is -2.05. The minimum atomic E-state index is -0.123. The highest BCUT2D eigenvalue weighted by Crippen LogP contribution is 2.14. The lowest BCUT2D eigenvalue weighted by Crippen LogP contribution is -2.28. The Kier molecular flexibility index (Phi) is 3.62. The molecule has 0 saturated heterocycles. The molecule has 0 bridgehead atoms. The fraction of sp³-hybridized carbons (Fsp3) is 0.385. The van der Waals surface area contributed by atoms with Gasteiger partial charge in [0.2, 0.25) is 0 Å². The van der Waals surface area contributed by atoms with Crippen molar-refractivity contribution >= 4 is 11.6 Å². The highest BCUT2D eigenvalue weighted by atomic mass is 16.5. The first kappa shape index (κ1) is 12.6. The van der Waals surface area contributed by atoms with Gasteiger partial charge in [0.1, 0.15) is 11.3 Å². The van der Waals surface area contributed by atoms with Crippen molar-refractivity contribution in [3.05, 3.63) is 35.3 Å². The molecule has 0 aliphatic heterocycles. The Morgan fingerprint density at radius 3 is 3.00 bits per heavy atom. The number of fused-ring (bicyclic) bond motifs is 1. The zero-order valence-electron chi connectivity index (χ0n) is 10.9. The summed E-state index contributed by atoms with van der Waals surface area (Å²) in [5.41, 5.74) is 3.20. The summed E-state index contributed by atoms with van der Waals surface area (Å²) >= 11 is 0. The zero-order valence-corrected chi connectivity index (χ0v) is 10.9. The maximum atomic E-state index is 12.1. The Hall–Kier alpha value is -1.88. The first-order chi connectivity index (χ1) is 8.65. The number of hydrogen-bond donors (Lipinski definition) is 1. The van der Waals surface area contributed by atoms with E-state index >= 15 is 0 Å². The molecule has 0 aliphatic rings. The van der Waals surface area contributed by atoms with Gasteiger partial charge < -0.3 is 10.1 Å². The van der Waals surface area contributed by atoms with Crippen LogP contribution in [0.25, 0.3) is 5.65 Å². The molecule has 0 fully saturated rings. The summed E-state index contributed by atoms with van der Waals surface area (Å²) in [7, 11) is 1.61. The minimum absolute atomic E-state index is 0.123. The molecule has 0 aliphatic carbocycles. The average molecular weight is 247 g/mol.